The average Bonchev–Trinajstić information content (AvgIpc) is 3.24. The van der Waals surface area contributed by atoms with E-state index in [4.69, 9.17) is 0 Å². The fourth-order valence-corrected chi connectivity index (χ4v) is 4.04. The molecule has 5 heteroatoms. The second-order valence-corrected chi connectivity index (χ2v) is 6.91. The van der Waals surface area contributed by atoms with E-state index in [0.29, 0.717) is 12.1 Å². The van der Waals surface area contributed by atoms with Crippen molar-refractivity contribution in [3.8, 4) is 5.69 Å². The van der Waals surface area contributed by atoms with E-state index in [0.717, 1.165) is 16.7 Å². The van der Waals surface area contributed by atoms with E-state index in [-0.39, 0.29) is 5.91 Å². The third-order valence-electron chi connectivity index (χ3n) is 3.94. The summed E-state index contributed by atoms with van der Waals surface area (Å²) in [5.41, 5.74) is 1.48. The molecule has 0 radical (unpaired) electrons. The van der Waals surface area contributed by atoms with Crippen molar-refractivity contribution >= 4 is 17.7 Å². The molecule has 116 valence electrons. The summed E-state index contributed by atoms with van der Waals surface area (Å²) < 4.78 is 1.72. The zero-order valence-corrected chi connectivity index (χ0v) is 13.4. The molecule has 1 fully saturated rings. The molecule has 3 rings (SSSR count). The van der Waals surface area contributed by atoms with E-state index >= 15 is 0 Å². The van der Waals surface area contributed by atoms with E-state index < -0.39 is 0 Å². The summed E-state index contributed by atoms with van der Waals surface area (Å²) in [5.74, 6) is 0.957. The Labute approximate surface area is 135 Å². The van der Waals surface area contributed by atoms with Crippen LogP contribution in [-0.2, 0) is 0 Å². The van der Waals surface area contributed by atoms with Gasteiger partial charge in [-0.1, -0.05) is 25.0 Å². The molecule has 0 bridgehead atoms. The number of thioether (sulfide) groups is 1. The minimum Gasteiger partial charge on any atom is -0.351 e. The molecule has 0 saturated heterocycles. The first-order chi connectivity index (χ1) is 10.8. The third kappa shape index (κ3) is 3.71. The van der Waals surface area contributed by atoms with Crippen LogP contribution in [0.15, 0.2) is 42.7 Å². The number of nitrogens with zero attached hydrogens (tertiary/aromatic N) is 2. The average molecular weight is 315 g/mol. The molecule has 22 heavy (non-hydrogen) atoms. The topological polar surface area (TPSA) is 46.9 Å². The van der Waals surface area contributed by atoms with Crippen molar-refractivity contribution in [2.24, 2.45) is 0 Å². The van der Waals surface area contributed by atoms with Gasteiger partial charge in [-0.05, 0) is 31.0 Å². The Morgan fingerprint density at radius 1 is 1.27 bits per heavy atom. The van der Waals surface area contributed by atoms with E-state index in [1.165, 1.54) is 25.7 Å². The predicted molar refractivity (Wildman–Crippen MR) is 90.6 cm³/mol. The van der Waals surface area contributed by atoms with Crippen molar-refractivity contribution in [3.63, 3.8) is 0 Å². The zero-order chi connectivity index (χ0) is 15.2. The molecule has 1 N–H and O–H groups in total. The first-order valence-corrected chi connectivity index (χ1v) is 8.88. The van der Waals surface area contributed by atoms with Crippen LogP contribution in [0, 0.1) is 0 Å². The van der Waals surface area contributed by atoms with Gasteiger partial charge in [-0.15, -0.1) is 0 Å². The van der Waals surface area contributed by atoms with Gasteiger partial charge in [0, 0.05) is 29.9 Å². The maximum Gasteiger partial charge on any atom is 0.253 e. The third-order valence-corrected chi connectivity index (χ3v) is 5.33. The summed E-state index contributed by atoms with van der Waals surface area (Å²) in [4.78, 5) is 12.4. The summed E-state index contributed by atoms with van der Waals surface area (Å²) in [7, 11) is 0. The van der Waals surface area contributed by atoms with E-state index in [9.17, 15) is 4.79 Å². The summed E-state index contributed by atoms with van der Waals surface area (Å²) in [5, 5.41) is 8.03. The molecule has 0 aliphatic heterocycles. The van der Waals surface area contributed by atoms with Crippen molar-refractivity contribution in [1.82, 2.24) is 15.1 Å². The Balaban J connectivity index is 1.56. The van der Waals surface area contributed by atoms with Crippen molar-refractivity contribution in [2.75, 3.05) is 12.3 Å². The van der Waals surface area contributed by atoms with Gasteiger partial charge < -0.3 is 5.32 Å². The minimum absolute atomic E-state index is 0.0295. The number of benzene rings is 1. The lowest BCUT2D eigenvalue weighted by Gasteiger charge is -2.11. The first kappa shape index (κ1) is 15.2. The highest BCUT2D eigenvalue weighted by Crippen LogP contribution is 2.28. The highest BCUT2D eigenvalue weighted by Gasteiger charge is 2.15. The molecule has 1 aromatic carbocycles. The Morgan fingerprint density at radius 2 is 2.09 bits per heavy atom. The molecule has 0 unspecified atom stereocenters. The van der Waals surface area contributed by atoms with Gasteiger partial charge in [0.05, 0.1) is 11.3 Å². The van der Waals surface area contributed by atoms with Crippen LogP contribution in [0.4, 0.5) is 0 Å². The molecule has 1 aliphatic rings. The lowest BCUT2D eigenvalue weighted by Crippen LogP contribution is -2.27. The van der Waals surface area contributed by atoms with Crippen molar-refractivity contribution < 1.29 is 4.79 Å². The highest BCUT2D eigenvalue weighted by atomic mass is 32.2. The molecule has 1 aliphatic carbocycles. The van der Waals surface area contributed by atoms with Crippen molar-refractivity contribution in [3.05, 3.63) is 48.3 Å². The van der Waals surface area contributed by atoms with Gasteiger partial charge in [-0.25, -0.2) is 4.68 Å². The van der Waals surface area contributed by atoms with Crippen LogP contribution >= 0.6 is 11.8 Å². The second kappa shape index (κ2) is 7.49. The fourth-order valence-electron chi connectivity index (χ4n) is 2.82. The van der Waals surface area contributed by atoms with Gasteiger partial charge in [0.15, 0.2) is 0 Å². The zero-order valence-electron chi connectivity index (χ0n) is 12.6. The molecule has 0 atom stereocenters. The molecular weight excluding hydrogens is 294 g/mol. The van der Waals surface area contributed by atoms with E-state index in [1.807, 2.05) is 48.3 Å². The number of nitrogens with one attached hydrogen (secondary N) is 1. The number of carbonyl (C=O) groups is 1. The van der Waals surface area contributed by atoms with Gasteiger partial charge in [0.2, 0.25) is 0 Å². The van der Waals surface area contributed by atoms with Crippen LogP contribution in [0.3, 0.4) is 0 Å². The lowest BCUT2D eigenvalue weighted by atomic mass is 10.1. The van der Waals surface area contributed by atoms with Crippen molar-refractivity contribution in [1.29, 1.82) is 0 Å². The largest absolute Gasteiger partial charge is 0.351 e. The van der Waals surface area contributed by atoms with Gasteiger partial charge in [0.1, 0.15) is 0 Å². The monoisotopic (exact) mass is 315 g/mol. The van der Waals surface area contributed by atoms with E-state index in [2.05, 4.69) is 10.4 Å². The number of carbonyl (C=O) groups excluding carboxylic acids is 1. The summed E-state index contributed by atoms with van der Waals surface area (Å²) in [6.07, 6.45) is 8.96. The maximum absolute atomic E-state index is 12.4. The van der Waals surface area contributed by atoms with Crippen LogP contribution in [-0.4, -0.2) is 33.2 Å². The first-order valence-electron chi connectivity index (χ1n) is 7.83. The van der Waals surface area contributed by atoms with Gasteiger partial charge in [0.25, 0.3) is 5.91 Å². The molecule has 4 nitrogen and oxygen atoms in total. The van der Waals surface area contributed by atoms with Crippen LogP contribution < -0.4 is 5.32 Å². The minimum atomic E-state index is -0.0295. The highest BCUT2D eigenvalue weighted by molar-refractivity contribution is 7.99. The Bertz CT molecular complexity index is 606. The van der Waals surface area contributed by atoms with Gasteiger partial charge in [-0.3, -0.25) is 4.79 Å². The molecule has 1 heterocycles. The van der Waals surface area contributed by atoms with Crippen LogP contribution in [0.2, 0.25) is 0 Å². The maximum atomic E-state index is 12.4. The normalized spacial score (nSPS) is 15.1. The standard InChI is InChI=1S/C17H21N3OS/c21-17(18-11-13-22-14-6-1-2-7-14)15-8-3-4-9-16(15)20-12-5-10-19-20/h3-5,8-10,12,14H,1-2,6-7,11,13H2,(H,18,21). The number of para-hydroxylation sites is 1. The number of aromatic nitrogens is 2. The number of amides is 1. The van der Waals surface area contributed by atoms with Crippen LogP contribution in [0.1, 0.15) is 36.0 Å². The Morgan fingerprint density at radius 3 is 2.86 bits per heavy atom. The summed E-state index contributed by atoms with van der Waals surface area (Å²) >= 11 is 1.99. The second-order valence-electron chi connectivity index (χ2n) is 5.50. The van der Waals surface area contributed by atoms with E-state index in [1.54, 1.807) is 10.9 Å². The SMILES string of the molecule is O=C(NCCSC1CCCC1)c1ccccc1-n1cccn1. The summed E-state index contributed by atoms with van der Waals surface area (Å²) in [6, 6.07) is 9.41. The number of hydrogen-bond acceptors (Lipinski definition) is 3. The molecule has 0 spiro atoms. The molecule has 1 amide bonds. The number of hydrogen-bond donors (Lipinski definition) is 1. The van der Waals surface area contributed by atoms with Crippen LogP contribution in [0.5, 0.6) is 0 Å². The quantitative estimate of drug-likeness (QED) is 0.832. The molecule has 1 saturated carbocycles. The van der Waals surface area contributed by atoms with Crippen molar-refractivity contribution in [2.45, 2.75) is 30.9 Å². The molecule has 1 aromatic heterocycles. The van der Waals surface area contributed by atoms with Gasteiger partial charge >= 0.3 is 0 Å². The molecular formula is C17H21N3OS. The number of rotatable bonds is 6. The lowest BCUT2D eigenvalue weighted by molar-refractivity contribution is 0.0956. The van der Waals surface area contributed by atoms with Crippen LogP contribution in [0.25, 0.3) is 5.69 Å². The predicted octanol–water partition coefficient (Wildman–Crippen LogP) is 3.28. The smallest absolute Gasteiger partial charge is 0.253 e. The fraction of sp³-hybridized carbons (Fsp3) is 0.412. The Kier molecular flexibility index (Phi) is 5.16. The van der Waals surface area contributed by atoms with Gasteiger partial charge in [-0.2, -0.15) is 16.9 Å². The Hall–Kier alpha value is -1.75. The summed E-state index contributed by atoms with van der Waals surface area (Å²) in [6.45, 7) is 0.716. The molecule has 2 aromatic rings.